The molecule has 3 rings (SSSR count). The summed E-state index contributed by atoms with van der Waals surface area (Å²) in [4.78, 5) is 16.4. The summed E-state index contributed by atoms with van der Waals surface area (Å²) in [7, 11) is 1.77. The van der Waals surface area contributed by atoms with Crippen LogP contribution in [0.5, 0.6) is 0 Å². The highest BCUT2D eigenvalue weighted by atomic mass is 35.5. The summed E-state index contributed by atoms with van der Waals surface area (Å²) >= 11 is 6.04. The second-order valence-electron chi connectivity index (χ2n) is 5.60. The molecule has 2 N–H and O–H groups in total. The number of halogens is 1. The average molecular weight is 280 g/mol. The van der Waals surface area contributed by atoms with Crippen LogP contribution in [0.2, 0.25) is 5.02 Å². The molecular formula is C14H18ClN3O. The standard InChI is InChI=1S/C14H18ClN3O/c1-16-11-5-4-10(15)12(18-11)13(19)17-8-14(6-7-14)9-2-3-9/h4-5,9H,2-3,6-8H2,1H3,(H,16,18)(H,17,19). The minimum Gasteiger partial charge on any atom is -0.373 e. The Bertz CT molecular complexity index is 509. The number of amides is 1. The Morgan fingerprint density at radius 1 is 1.47 bits per heavy atom. The molecule has 0 saturated heterocycles. The predicted molar refractivity (Wildman–Crippen MR) is 75.5 cm³/mol. The summed E-state index contributed by atoms with van der Waals surface area (Å²) in [5.74, 6) is 1.31. The second-order valence-corrected chi connectivity index (χ2v) is 6.00. The van der Waals surface area contributed by atoms with Crippen molar-refractivity contribution >= 4 is 23.3 Å². The van der Waals surface area contributed by atoms with E-state index in [1.165, 1.54) is 25.7 Å². The number of anilines is 1. The Labute approximate surface area is 117 Å². The number of aromatic nitrogens is 1. The zero-order chi connectivity index (χ0) is 13.5. The van der Waals surface area contributed by atoms with Crippen molar-refractivity contribution < 1.29 is 4.79 Å². The van der Waals surface area contributed by atoms with E-state index < -0.39 is 0 Å². The number of hydrogen-bond acceptors (Lipinski definition) is 3. The van der Waals surface area contributed by atoms with Crippen molar-refractivity contribution in [2.24, 2.45) is 11.3 Å². The zero-order valence-electron chi connectivity index (χ0n) is 11.0. The van der Waals surface area contributed by atoms with Gasteiger partial charge < -0.3 is 10.6 Å². The van der Waals surface area contributed by atoms with Gasteiger partial charge in [-0.1, -0.05) is 11.6 Å². The summed E-state index contributed by atoms with van der Waals surface area (Å²) < 4.78 is 0. The molecule has 2 aliphatic rings. The van der Waals surface area contributed by atoms with Gasteiger partial charge in [0.15, 0.2) is 0 Å². The van der Waals surface area contributed by atoms with E-state index in [1.54, 1.807) is 19.2 Å². The molecule has 102 valence electrons. The van der Waals surface area contributed by atoms with Gasteiger partial charge >= 0.3 is 0 Å². The molecule has 0 spiro atoms. The monoisotopic (exact) mass is 279 g/mol. The first-order valence-corrected chi connectivity index (χ1v) is 7.15. The lowest BCUT2D eigenvalue weighted by atomic mass is 10.0. The molecule has 0 aliphatic heterocycles. The van der Waals surface area contributed by atoms with Crippen LogP contribution >= 0.6 is 11.6 Å². The molecule has 1 aromatic rings. The Hall–Kier alpha value is -1.29. The quantitative estimate of drug-likeness (QED) is 0.871. The van der Waals surface area contributed by atoms with Crippen LogP contribution in [0.4, 0.5) is 5.82 Å². The Kier molecular flexibility index (Phi) is 3.13. The number of carbonyl (C=O) groups is 1. The normalized spacial score (nSPS) is 19.9. The van der Waals surface area contributed by atoms with Crippen LogP contribution < -0.4 is 10.6 Å². The van der Waals surface area contributed by atoms with E-state index in [-0.39, 0.29) is 5.91 Å². The van der Waals surface area contributed by atoms with Crippen LogP contribution in [-0.2, 0) is 0 Å². The van der Waals surface area contributed by atoms with Crippen molar-refractivity contribution in [3.63, 3.8) is 0 Å². The Morgan fingerprint density at radius 2 is 2.21 bits per heavy atom. The second kappa shape index (κ2) is 4.67. The summed E-state index contributed by atoms with van der Waals surface area (Å²) in [5, 5.41) is 6.31. The minimum atomic E-state index is -0.172. The van der Waals surface area contributed by atoms with Gasteiger partial charge in [-0.3, -0.25) is 4.79 Å². The number of carbonyl (C=O) groups excluding carboxylic acids is 1. The van der Waals surface area contributed by atoms with Gasteiger partial charge in [0.05, 0.1) is 5.02 Å². The van der Waals surface area contributed by atoms with Crippen molar-refractivity contribution in [2.75, 3.05) is 18.9 Å². The third-order valence-corrected chi connectivity index (χ3v) is 4.56. The van der Waals surface area contributed by atoms with Gasteiger partial charge in [0.2, 0.25) is 0 Å². The number of pyridine rings is 1. The van der Waals surface area contributed by atoms with Crippen LogP contribution in [0.3, 0.4) is 0 Å². The van der Waals surface area contributed by atoms with Gasteiger partial charge in [-0.25, -0.2) is 4.98 Å². The maximum atomic E-state index is 12.2. The third-order valence-electron chi connectivity index (χ3n) is 4.25. The molecule has 19 heavy (non-hydrogen) atoms. The maximum absolute atomic E-state index is 12.2. The molecule has 1 aromatic heterocycles. The first-order valence-electron chi connectivity index (χ1n) is 6.77. The van der Waals surface area contributed by atoms with Gasteiger partial charge in [-0.15, -0.1) is 0 Å². The highest BCUT2D eigenvalue weighted by Crippen LogP contribution is 2.60. The number of nitrogens with one attached hydrogen (secondary N) is 2. The van der Waals surface area contributed by atoms with Gasteiger partial charge in [-0.05, 0) is 49.1 Å². The predicted octanol–water partition coefficient (Wildman–Crippen LogP) is 2.70. The van der Waals surface area contributed by atoms with Crippen LogP contribution in [0.15, 0.2) is 12.1 Å². The summed E-state index contributed by atoms with van der Waals surface area (Å²) in [6, 6.07) is 3.45. The number of nitrogens with zero attached hydrogens (tertiary/aromatic N) is 1. The summed E-state index contributed by atoms with van der Waals surface area (Å²) in [6.45, 7) is 0.762. The van der Waals surface area contributed by atoms with E-state index >= 15 is 0 Å². The topological polar surface area (TPSA) is 54.0 Å². The van der Waals surface area contributed by atoms with Crippen LogP contribution in [0, 0.1) is 11.3 Å². The van der Waals surface area contributed by atoms with E-state index in [0.29, 0.717) is 21.9 Å². The minimum absolute atomic E-state index is 0.172. The van der Waals surface area contributed by atoms with E-state index in [1.807, 2.05) is 0 Å². The molecule has 0 unspecified atom stereocenters. The van der Waals surface area contributed by atoms with Gasteiger partial charge in [-0.2, -0.15) is 0 Å². The van der Waals surface area contributed by atoms with E-state index in [0.717, 1.165) is 12.5 Å². The lowest BCUT2D eigenvalue weighted by Crippen LogP contribution is -2.32. The molecule has 2 fully saturated rings. The summed E-state index contributed by atoms with van der Waals surface area (Å²) in [5.41, 5.74) is 0.697. The van der Waals surface area contributed by atoms with Crippen LogP contribution in [0.25, 0.3) is 0 Å². The van der Waals surface area contributed by atoms with Crippen molar-refractivity contribution in [3.05, 3.63) is 22.8 Å². The third kappa shape index (κ3) is 2.54. The molecule has 4 nitrogen and oxygen atoms in total. The lowest BCUT2D eigenvalue weighted by molar-refractivity contribution is 0.0938. The average Bonchev–Trinajstić information content (AvgIpc) is 3.28. The summed E-state index contributed by atoms with van der Waals surface area (Å²) in [6.07, 6.45) is 5.14. The molecule has 0 radical (unpaired) electrons. The Balaban J connectivity index is 1.66. The Morgan fingerprint density at radius 3 is 2.79 bits per heavy atom. The fraction of sp³-hybridized carbons (Fsp3) is 0.571. The first kappa shape index (κ1) is 12.7. The molecule has 1 heterocycles. The smallest absolute Gasteiger partial charge is 0.271 e. The largest absolute Gasteiger partial charge is 0.373 e. The van der Waals surface area contributed by atoms with E-state index in [9.17, 15) is 4.79 Å². The van der Waals surface area contributed by atoms with Crippen LogP contribution in [0.1, 0.15) is 36.2 Å². The number of rotatable bonds is 5. The zero-order valence-corrected chi connectivity index (χ0v) is 11.8. The molecule has 1 amide bonds. The molecule has 2 saturated carbocycles. The van der Waals surface area contributed by atoms with Crippen molar-refractivity contribution in [1.82, 2.24) is 10.3 Å². The first-order chi connectivity index (χ1) is 9.14. The fourth-order valence-electron chi connectivity index (χ4n) is 2.67. The van der Waals surface area contributed by atoms with Crippen molar-refractivity contribution in [3.8, 4) is 0 Å². The number of hydrogen-bond donors (Lipinski definition) is 2. The SMILES string of the molecule is CNc1ccc(Cl)c(C(=O)NCC2(C3CC3)CC2)n1. The maximum Gasteiger partial charge on any atom is 0.271 e. The van der Waals surface area contributed by atoms with Crippen molar-refractivity contribution in [1.29, 1.82) is 0 Å². The highest BCUT2D eigenvalue weighted by Gasteiger charge is 2.53. The van der Waals surface area contributed by atoms with Gasteiger partial charge in [0.1, 0.15) is 11.5 Å². The molecule has 2 aliphatic carbocycles. The molecule has 0 atom stereocenters. The molecule has 5 heteroatoms. The molecule has 0 bridgehead atoms. The van der Waals surface area contributed by atoms with Gasteiger partial charge in [0, 0.05) is 13.6 Å². The fourth-order valence-corrected chi connectivity index (χ4v) is 2.86. The van der Waals surface area contributed by atoms with E-state index in [4.69, 9.17) is 11.6 Å². The van der Waals surface area contributed by atoms with Crippen LogP contribution in [-0.4, -0.2) is 24.5 Å². The van der Waals surface area contributed by atoms with E-state index in [2.05, 4.69) is 15.6 Å². The highest BCUT2D eigenvalue weighted by molar-refractivity contribution is 6.33. The molecule has 0 aromatic carbocycles. The molecular weight excluding hydrogens is 262 g/mol. The lowest BCUT2D eigenvalue weighted by Gasteiger charge is -2.15. The van der Waals surface area contributed by atoms with Crippen molar-refractivity contribution in [2.45, 2.75) is 25.7 Å². The van der Waals surface area contributed by atoms with Gasteiger partial charge in [0.25, 0.3) is 5.91 Å².